The normalized spacial score (nSPS) is 16.0. The van der Waals surface area contributed by atoms with Gasteiger partial charge in [-0.25, -0.2) is 0 Å². The minimum absolute atomic E-state index is 0. The van der Waals surface area contributed by atoms with Gasteiger partial charge in [-0.3, -0.25) is 4.90 Å². The maximum atomic E-state index is 10.1. The Kier molecular flexibility index (Phi) is 8.57. The highest BCUT2D eigenvalue weighted by Gasteiger charge is 2.23. The van der Waals surface area contributed by atoms with Crippen LogP contribution in [0, 0.1) is 0 Å². The largest absolute Gasteiger partial charge is 0.507 e. The first kappa shape index (κ1) is 20.8. The van der Waals surface area contributed by atoms with Crippen LogP contribution in [0.2, 0.25) is 0 Å². The molecule has 0 spiro atoms. The molecule has 0 aromatic heterocycles. The lowest BCUT2D eigenvalue weighted by atomic mass is 9.93. The summed E-state index contributed by atoms with van der Waals surface area (Å²) in [7, 11) is 0. The Hall–Kier alpha value is -1.26. The van der Waals surface area contributed by atoms with Gasteiger partial charge in [-0.05, 0) is 29.9 Å². The number of nitrogens with zero attached hydrogens (tertiary/aromatic N) is 1. The van der Waals surface area contributed by atoms with E-state index in [0.717, 1.165) is 49.8 Å². The third-order valence-corrected chi connectivity index (χ3v) is 4.53. The molecule has 3 rings (SSSR count). The van der Waals surface area contributed by atoms with Crippen LogP contribution in [0.5, 0.6) is 5.75 Å². The lowest BCUT2D eigenvalue weighted by molar-refractivity contribution is 0.167. The minimum atomic E-state index is 0. The molecule has 3 nitrogen and oxygen atoms in total. The Bertz CT molecular complexity index is 657. The van der Waals surface area contributed by atoms with Gasteiger partial charge in [0.05, 0.1) is 0 Å². The van der Waals surface area contributed by atoms with Gasteiger partial charge in [-0.2, -0.15) is 0 Å². The Labute approximate surface area is 156 Å². The van der Waals surface area contributed by atoms with E-state index in [0.29, 0.717) is 11.8 Å². The Morgan fingerprint density at radius 1 is 1.08 bits per heavy atom. The molecule has 0 bridgehead atoms. The number of aromatic hydroxyl groups is 1. The van der Waals surface area contributed by atoms with Crippen molar-refractivity contribution in [3.63, 3.8) is 0 Å². The summed E-state index contributed by atoms with van der Waals surface area (Å²) in [5, 5.41) is 15.7. The van der Waals surface area contributed by atoms with Crippen molar-refractivity contribution in [1.82, 2.24) is 10.2 Å². The van der Waals surface area contributed by atoms with Gasteiger partial charge in [0.25, 0.3) is 0 Å². The van der Waals surface area contributed by atoms with Crippen LogP contribution in [0.4, 0.5) is 0 Å². The van der Waals surface area contributed by atoms with Gasteiger partial charge in [0, 0.05) is 37.6 Å². The highest BCUT2D eigenvalue weighted by atomic mass is 35.5. The van der Waals surface area contributed by atoms with Gasteiger partial charge in [-0.15, -0.1) is 31.4 Å². The number of piperazine rings is 1. The summed E-state index contributed by atoms with van der Waals surface area (Å²) in [5.41, 5.74) is 1.32. The topological polar surface area (TPSA) is 35.5 Å². The van der Waals surface area contributed by atoms with Crippen LogP contribution in [0.15, 0.2) is 49.1 Å². The van der Waals surface area contributed by atoms with E-state index in [2.05, 4.69) is 28.9 Å². The fourth-order valence-electron chi connectivity index (χ4n) is 3.40. The number of fused-ring (bicyclic) bond motifs is 1. The van der Waals surface area contributed by atoms with Crippen LogP contribution >= 0.6 is 24.8 Å². The number of halogens is 2. The molecule has 0 aliphatic carbocycles. The molecule has 132 valence electrons. The summed E-state index contributed by atoms with van der Waals surface area (Å²) in [6.45, 7) is 8.09. The van der Waals surface area contributed by atoms with Crippen molar-refractivity contribution >= 4 is 35.6 Å². The molecule has 1 saturated heterocycles. The molecule has 0 saturated carbocycles. The summed E-state index contributed by atoms with van der Waals surface area (Å²) in [5.74, 6) is 0.363. The zero-order valence-corrected chi connectivity index (χ0v) is 15.4. The molecule has 5 heteroatoms. The minimum Gasteiger partial charge on any atom is -0.507 e. The van der Waals surface area contributed by atoms with Crippen molar-refractivity contribution in [2.75, 3.05) is 26.2 Å². The molecule has 1 aliphatic rings. The van der Waals surface area contributed by atoms with Gasteiger partial charge < -0.3 is 10.4 Å². The Morgan fingerprint density at radius 2 is 1.75 bits per heavy atom. The summed E-state index contributed by atoms with van der Waals surface area (Å²) in [6, 6.07) is 12.5. The van der Waals surface area contributed by atoms with E-state index in [1.54, 1.807) is 0 Å². The second-order valence-corrected chi connectivity index (χ2v) is 5.89. The zero-order valence-electron chi connectivity index (χ0n) is 13.8. The van der Waals surface area contributed by atoms with E-state index in [-0.39, 0.29) is 24.8 Å². The smallest absolute Gasteiger partial charge is 0.123 e. The Morgan fingerprint density at radius 3 is 2.42 bits per heavy atom. The molecule has 1 heterocycles. The average molecular weight is 369 g/mol. The molecule has 0 unspecified atom stereocenters. The van der Waals surface area contributed by atoms with Crippen LogP contribution in [0.3, 0.4) is 0 Å². The first-order chi connectivity index (χ1) is 10.8. The van der Waals surface area contributed by atoms with Gasteiger partial charge in [0.15, 0.2) is 0 Å². The van der Waals surface area contributed by atoms with Crippen molar-refractivity contribution in [2.24, 2.45) is 0 Å². The standard InChI is InChI=1S/C19H24N2O.2ClH/c1-2-3-8-18(21-13-11-20-12-14-21)16-9-10-19(22)17-7-5-4-6-15(16)17;;/h2,4-7,9-10,18,20,22H,1,3,8,11-14H2;2*1H/t18-;;/m1../s1. The number of rotatable bonds is 5. The van der Waals surface area contributed by atoms with Crippen LogP contribution in [-0.4, -0.2) is 36.2 Å². The molecule has 2 aromatic rings. The number of hydrogen-bond donors (Lipinski definition) is 2. The van der Waals surface area contributed by atoms with Crippen molar-refractivity contribution in [3.05, 3.63) is 54.6 Å². The molecule has 24 heavy (non-hydrogen) atoms. The monoisotopic (exact) mass is 368 g/mol. The molecule has 2 aromatic carbocycles. The van der Waals surface area contributed by atoms with E-state index in [9.17, 15) is 5.11 Å². The second-order valence-electron chi connectivity index (χ2n) is 5.89. The van der Waals surface area contributed by atoms with E-state index >= 15 is 0 Å². The quantitative estimate of drug-likeness (QED) is 0.772. The predicted molar refractivity (Wildman–Crippen MR) is 107 cm³/mol. The molecule has 2 N–H and O–H groups in total. The third kappa shape index (κ3) is 4.42. The number of phenols is 1. The van der Waals surface area contributed by atoms with Crippen molar-refractivity contribution in [1.29, 1.82) is 0 Å². The van der Waals surface area contributed by atoms with Crippen LogP contribution in [-0.2, 0) is 0 Å². The number of allylic oxidation sites excluding steroid dienone is 1. The highest BCUT2D eigenvalue weighted by molar-refractivity contribution is 5.91. The lowest BCUT2D eigenvalue weighted by Gasteiger charge is -2.35. The third-order valence-electron chi connectivity index (χ3n) is 4.53. The van der Waals surface area contributed by atoms with Crippen LogP contribution in [0.25, 0.3) is 10.8 Å². The van der Waals surface area contributed by atoms with Gasteiger partial charge in [0.2, 0.25) is 0 Å². The predicted octanol–water partition coefficient (Wildman–Crippen LogP) is 4.30. The SMILES string of the molecule is C=CCC[C@H](c1ccc(O)c2ccccc12)N1CCNCC1.Cl.Cl. The molecular weight excluding hydrogens is 343 g/mol. The van der Waals surface area contributed by atoms with E-state index in [1.807, 2.05) is 30.3 Å². The number of benzene rings is 2. The van der Waals surface area contributed by atoms with Gasteiger partial charge in [0.1, 0.15) is 5.75 Å². The van der Waals surface area contributed by atoms with Crippen LogP contribution in [0.1, 0.15) is 24.4 Å². The second kappa shape index (κ2) is 9.90. The fraction of sp³-hybridized carbons (Fsp3) is 0.368. The first-order valence-corrected chi connectivity index (χ1v) is 8.07. The van der Waals surface area contributed by atoms with E-state index in [4.69, 9.17) is 0 Å². The number of phenolic OH excluding ortho intramolecular Hbond substituents is 1. The molecule has 1 fully saturated rings. The molecule has 1 aliphatic heterocycles. The summed E-state index contributed by atoms with van der Waals surface area (Å²) >= 11 is 0. The fourth-order valence-corrected chi connectivity index (χ4v) is 3.40. The molecule has 0 radical (unpaired) electrons. The summed E-state index contributed by atoms with van der Waals surface area (Å²) in [4.78, 5) is 2.55. The maximum absolute atomic E-state index is 10.1. The summed E-state index contributed by atoms with van der Waals surface area (Å²) in [6.07, 6.45) is 4.07. The van der Waals surface area contributed by atoms with Crippen molar-refractivity contribution in [2.45, 2.75) is 18.9 Å². The number of hydrogen-bond acceptors (Lipinski definition) is 3. The molecule has 0 amide bonds. The maximum Gasteiger partial charge on any atom is 0.123 e. The molecule has 1 atom stereocenters. The Balaban J connectivity index is 0.00000144. The lowest BCUT2D eigenvalue weighted by Crippen LogP contribution is -2.45. The first-order valence-electron chi connectivity index (χ1n) is 8.07. The van der Waals surface area contributed by atoms with Crippen molar-refractivity contribution < 1.29 is 5.11 Å². The highest BCUT2D eigenvalue weighted by Crippen LogP contribution is 2.35. The summed E-state index contributed by atoms with van der Waals surface area (Å²) < 4.78 is 0. The molecular formula is C19H26Cl2N2O. The van der Waals surface area contributed by atoms with Gasteiger partial charge in [-0.1, -0.05) is 36.4 Å². The average Bonchev–Trinajstić information content (AvgIpc) is 2.58. The van der Waals surface area contributed by atoms with Gasteiger partial charge >= 0.3 is 0 Å². The van der Waals surface area contributed by atoms with Crippen molar-refractivity contribution in [3.8, 4) is 5.75 Å². The number of nitrogens with one attached hydrogen (secondary N) is 1. The zero-order chi connectivity index (χ0) is 15.4. The van der Waals surface area contributed by atoms with E-state index < -0.39 is 0 Å². The van der Waals surface area contributed by atoms with E-state index in [1.165, 1.54) is 5.56 Å². The van der Waals surface area contributed by atoms with Crippen LogP contribution < -0.4 is 5.32 Å².